The predicted molar refractivity (Wildman–Crippen MR) is 126 cm³/mol. The standard InChI is InChI=1S/C25H32N2O4/c1-6-7-14-31-22-12-9-19(15-23(22)30-5)10-13-24(28)27-21-16-20(11-8-18(21)4)26-25(29)17(2)3/h8-13,15-17H,6-7,14H2,1-5H3,(H,26,29)(H,27,28)/b13-10+. The third-order valence-corrected chi connectivity index (χ3v) is 4.66. The lowest BCUT2D eigenvalue weighted by atomic mass is 10.1. The molecule has 2 aromatic rings. The Labute approximate surface area is 184 Å². The molecule has 0 saturated heterocycles. The van der Waals surface area contributed by atoms with Crippen molar-refractivity contribution in [1.82, 2.24) is 0 Å². The van der Waals surface area contributed by atoms with Gasteiger partial charge in [-0.2, -0.15) is 0 Å². The van der Waals surface area contributed by atoms with E-state index in [0.717, 1.165) is 24.0 Å². The smallest absolute Gasteiger partial charge is 0.248 e. The molecular weight excluding hydrogens is 392 g/mol. The second kappa shape index (κ2) is 11.8. The van der Waals surface area contributed by atoms with Crippen molar-refractivity contribution in [2.45, 2.75) is 40.5 Å². The first-order chi connectivity index (χ1) is 14.8. The minimum atomic E-state index is -0.266. The summed E-state index contributed by atoms with van der Waals surface area (Å²) in [6.07, 6.45) is 5.22. The maximum Gasteiger partial charge on any atom is 0.248 e. The summed E-state index contributed by atoms with van der Waals surface area (Å²) in [5.41, 5.74) is 3.02. The molecule has 2 N–H and O–H groups in total. The summed E-state index contributed by atoms with van der Waals surface area (Å²) in [5.74, 6) is 0.856. The van der Waals surface area contributed by atoms with Crippen molar-refractivity contribution < 1.29 is 19.1 Å². The van der Waals surface area contributed by atoms with Gasteiger partial charge in [0.05, 0.1) is 13.7 Å². The van der Waals surface area contributed by atoms with Crippen molar-refractivity contribution >= 4 is 29.3 Å². The van der Waals surface area contributed by atoms with Crippen molar-refractivity contribution in [1.29, 1.82) is 0 Å². The Bertz CT molecular complexity index is 935. The molecule has 6 nitrogen and oxygen atoms in total. The molecule has 0 aliphatic heterocycles. The van der Waals surface area contributed by atoms with Gasteiger partial charge in [0.15, 0.2) is 11.5 Å². The number of hydrogen-bond donors (Lipinski definition) is 2. The molecule has 166 valence electrons. The molecule has 2 rings (SSSR count). The highest BCUT2D eigenvalue weighted by Crippen LogP contribution is 2.29. The number of ether oxygens (including phenoxy) is 2. The van der Waals surface area contributed by atoms with Gasteiger partial charge in [0.2, 0.25) is 11.8 Å². The normalized spacial score (nSPS) is 10.9. The molecule has 0 aliphatic carbocycles. The van der Waals surface area contributed by atoms with Crippen LogP contribution < -0.4 is 20.1 Å². The van der Waals surface area contributed by atoms with Gasteiger partial charge in [0.25, 0.3) is 0 Å². The van der Waals surface area contributed by atoms with E-state index in [1.165, 1.54) is 6.08 Å². The maximum atomic E-state index is 12.4. The summed E-state index contributed by atoms with van der Waals surface area (Å²) >= 11 is 0. The van der Waals surface area contributed by atoms with E-state index < -0.39 is 0 Å². The molecule has 0 aliphatic rings. The van der Waals surface area contributed by atoms with Crippen LogP contribution in [0.1, 0.15) is 44.7 Å². The average Bonchev–Trinajstić information content (AvgIpc) is 2.75. The number of aryl methyl sites for hydroxylation is 1. The van der Waals surface area contributed by atoms with E-state index in [0.29, 0.717) is 29.5 Å². The lowest BCUT2D eigenvalue weighted by molar-refractivity contribution is -0.119. The monoisotopic (exact) mass is 424 g/mol. The summed E-state index contributed by atoms with van der Waals surface area (Å²) in [6, 6.07) is 11.0. The van der Waals surface area contributed by atoms with Gasteiger partial charge in [-0.1, -0.05) is 39.3 Å². The molecule has 0 radical (unpaired) electrons. The fourth-order valence-electron chi connectivity index (χ4n) is 2.70. The first-order valence-corrected chi connectivity index (χ1v) is 10.6. The average molecular weight is 425 g/mol. The zero-order chi connectivity index (χ0) is 22.8. The van der Waals surface area contributed by atoms with Crippen LogP contribution in [0.2, 0.25) is 0 Å². The molecule has 0 spiro atoms. The van der Waals surface area contributed by atoms with E-state index >= 15 is 0 Å². The molecule has 0 unspecified atom stereocenters. The van der Waals surface area contributed by atoms with E-state index in [-0.39, 0.29) is 17.7 Å². The third kappa shape index (κ3) is 7.48. The van der Waals surface area contributed by atoms with E-state index in [4.69, 9.17) is 9.47 Å². The van der Waals surface area contributed by atoms with E-state index in [1.807, 2.05) is 51.1 Å². The Morgan fingerprint density at radius 3 is 2.52 bits per heavy atom. The Morgan fingerprint density at radius 2 is 1.84 bits per heavy atom. The van der Waals surface area contributed by atoms with Crippen molar-refractivity contribution in [3.8, 4) is 11.5 Å². The van der Waals surface area contributed by atoms with Crippen LogP contribution in [-0.4, -0.2) is 25.5 Å². The van der Waals surface area contributed by atoms with Gasteiger partial charge in [0, 0.05) is 23.4 Å². The second-order valence-corrected chi connectivity index (χ2v) is 7.61. The summed E-state index contributed by atoms with van der Waals surface area (Å²) in [5, 5.41) is 5.71. The highest BCUT2D eigenvalue weighted by molar-refractivity contribution is 6.03. The SMILES string of the molecule is CCCCOc1ccc(/C=C/C(=O)Nc2cc(NC(=O)C(C)C)ccc2C)cc1OC. The lowest BCUT2D eigenvalue weighted by Gasteiger charge is -2.12. The van der Waals surface area contributed by atoms with Gasteiger partial charge in [-0.25, -0.2) is 0 Å². The number of methoxy groups -OCH3 is 1. The van der Waals surface area contributed by atoms with Crippen LogP contribution in [0.4, 0.5) is 11.4 Å². The molecule has 0 bridgehead atoms. The largest absolute Gasteiger partial charge is 0.493 e. The fraction of sp³-hybridized carbons (Fsp3) is 0.360. The second-order valence-electron chi connectivity index (χ2n) is 7.61. The van der Waals surface area contributed by atoms with Gasteiger partial charge in [-0.05, 0) is 54.8 Å². The molecule has 6 heteroatoms. The van der Waals surface area contributed by atoms with Crippen LogP contribution in [-0.2, 0) is 9.59 Å². The molecule has 0 atom stereocenters. The van der Waals surface area contributed by atoms with Crippen LogP contribution in [0.5, 0.6) is 11.5 Å². The van der Waals surface area contributed by atoms with E-state index in [2.05, 4.69) is 17.6 Å². The van der Waals surface area contributed by atoms with Crippen LogP contribution in [0, 0.1) is 12.8 Å². The highest BCUT2D eigenvalue weighted by atomic mass is 16.5. The molecule has 0 saturated carbocycles. The van der Waals surface area contributed by atoms with E-state index in [9.17, 15) is 9.59 Å². The quantitative estimate of drug-likeness (QED) is 0.394. The van der Waals surface area contributed by atoms with Gasteiger partial charge in [-0.3, -0.25) is 9.59 Å². The van der Waals surface area contributed by atoms with Gasteiger partial charge < -0.3 is 20.1 Å². The summed E-state index contributed by atoms with van der Waals surface area (Å²) in [6.45, 7) is 8.31. The third-order valence-electron chi connectivity index (χ3n) is 4.66. The summed E-state index contributed by atoms with van der Waals surface area (Å²) in [4.78, 5) is 24.3. The molecule has 2 aromatic carbocycles. The van der Waals surface area contributed by atoms with Crippen molar-refractivity contribution in [2.75, 3.05) is 24.4 Å². The number of nitrogens with one attached hydrogen (secondary N) is 2. The number of hydrogen-bond acceptors (Lipinski definition) is 4. The molecule has 0 fully saturated rings. The van der Waals surface area contributed by atoms with Crippen molar-refractivity contribution in [3.63, 3.8) is 0 Å². The van der Waals surface area contributed by atoms with Crippen molar-refractivity contribution in [3.05, 3.63) is 53.6 Å². The van der Waals surface area contributed by atoms with Gasteiger partial charge in [0.1, 0.15) is 0 Å². The van der Waals surface area contributed by atoms with Crippen molar-refractivity contribution in [2.24, 2.45) is 5.92 Å². The first-order valence-electron chi connectivity index (χ1n) is 10.6. The molecule has 2 amide bonds. The Kier molecular flexibility index (Phi) is 9.13. The minimum absolute atomic E-state index is 0.0721. The van der Waals surface area contributed by atoms with Crippen LogP contribution in [0.15, 0.2) is 42.5 Å². The minimum Gasteiger partial charge on any atom is -0.493 e. The van der Waals surface area contributed by atoms with Gasteiger partial charge >= 0.3 is 0 Å². The number of carbonyl (C=O) groups is 2. The number of benzene rings is 2. The summed E-state index contributed by atoms with van der Waals surface area (Å²) < 4.78 is 11.1. The predicted octanol–water partition coefficient (Wildman–Crippen LogP) is 5.43. The van der Waals surface area contributed by atoms with Crippen LogP contribution in [0.3, 0.4) is 0 Å². The summed E-state index contributed by atoms with van der Waals surface area (Å²) in [7, 11) is 1.59. The highest BCUT2D eigenvalue weighted by Gasteiger charge is 2.09. The number of carbonyl (C=O) groups excluding carboxylic acids is 2. The fourth-order valence-corrected chi connectivity index (χ4v) is 2.70. The van der Waals surface area contributed by atoms with Crippen LogP contribution in [0.25, 0.3) is 6.08 Å². The maximum absolute atomic E-state index is 12.4. The lowest BCUT2D eigenvalue weighted by Crippen LogP contribution is -2.18. The topological polar surface area (TPSA) is 76.7 Å². The Balaban J connectivity index is 2.06. The van der Waals surface area contributed by atoms with Crippen LogP contribution >= 0.6 is 0 Å². The number of rotatable bonds is 10. The molecule has 0 aromatic heterocycles. The Morgan fingerprint density at radius 1 is 1.06 bits per heavy atom. The number of amides is 2. The van der Waals surface area contributed by atoms with E-state index in [1.54, 1.807) is 19.3 Å². The van der Waals surface area contributed by atoms with Gasteiger partial charge in [-0.15, -0.1) is 0 Å². The zero-order valence-corrected chi connectivity index (χ0v) is 19.0. The number of unbranched alkanes of at least 4 members (excludes halogenated alkanes) is 1. The zero-order valence-electron chi connectivity index (χ0n) is 19.0. The first kappa shape index (κ1) is 24.0. The molecular formula is C25H32N2O4. The number of anilines is 2. The molecule has 31 heavy (non-hydrogen) atoms. The molecule has 0 heterocycles. The Hall–Kier alpha value is -3.28.